The Kier molecular flexibility index (Phi) is 8.24. The lowest BCUT2D eigenvalue weighted by atomic mass is 9.99. The summed E-state index contributed by atoms with van der Waals surface area (Å²) in [6.45, 7) is 4.14. The van der Waals surface area contributed by atoms with Gasteiger partial charge in [0.25, 0.3) is 5.91 Å². The number of hydrogen-bond acceptors (Lipinski definition) is 6. The van der Waals surface area contributed by atoms with E-state index < -0.39 is 12.1 Å². The van der Waals surface area contributed by atoms with E-state index in [0.717, 1.165) is 5.56 Å². The molecule has 4 rings (SSSR count). The normalized spacial score (nSPS) is 17.8. The molecule has 2 aromatic carbocycles. The third-order valence-corrected chi connectivity index (χ3v) is 6.69. The first-order valence-electron chi connectivity index (χ1n) is 12.5. The highest BCUT2D eigenvalue weighted by Gasteiger charge is 2.34. The molecular weight excluding hydrogens is 482 g/mol. The number of ether oxygens (including phenoxy) is 1. The van der Waals surface area contributed by atoms with Gasteiger partial charge in [0.2, 0.25) is 5.88 Å². The maximum Gasteiger partial charge on any atom is 0.321 e. The number of urea groups is 1. The van der Waals surface area contributed by atoms with E-state index in [4.69, 9.17) is 10.00 Å². The lowest BCUT2D eigenvalue weighted by Crippen LogP contribution is -2.50. The van der Waals surface area contributed by atoms with Gasteiger partial charge in [-0.2, -0.15) is 5.26 Å². The SMILES string of the molecule is C[C@H](CO)N1C[C@H](C)[C@H](CN(C)C(=O)Nc2ccccc2)Oc2ncc(-c3ccc(C#N)cc3)cc2C1=O. The molecule has 3 amide bonds. The summed E-state index contributed by atoms with van der Waals surface area (Å²) in [7, 11) is 1.69. The van der Waals surface area contributed by atoms with Gasteiger partial charge in [-0.05, 0) is 42.8 Å². The molecule has 1 aromatic heterocycles. The molecule has 2 N–H and O–H groups in total. The van der Waals surface area contributed by atoms with Gasteiger partial charge >= 0.3 is 6.03 Å². The summed E-state index contributed by atoms with van der Waals surface area (Å²) >= 11 is 0. The number of para-hydroxylation sites is 1. The first-order valence-corrected chi connectivity index (χ1v) is 12.5. The molecule has 0 unspecified atom stereocenters. The maximum absolute atomic E-state index is 13.6. The number of carbonyl (C=O) groups is 2. The monoisotopic (exact) mass is 513 g/mol. The Morgan fingerprint density at radius 2 is 1.95 bits per heavy atom. The first-order chi connectivity index (χ1) is 18.3. The number of likely N-dealkylation sites (N-methyl/N-ethyl adjacent to an activating group) is 1. The second kappa shape index (κ2) is 11.8. The van der Waals surface area contributed by atoms with Gasteiger partial charge in [-0.3, -0.25) is 4.79 Å². The second-order valence-corrected chi connectivity index (χ2v) is 9.57. The molecule has 3 aromatic rings. The molecule has 9 nitrogen and oxygen atoms in total. The van der Waals surface area contributed by atoms with Crippen LogP contribution in [0.3, 0.4) is 0 Å². The minimum Gasteiger partial charge on any atom is -0.472 e. The number of rotatable bonds is 6. The number of hydrogen-bond donors (Lipinski definition) is 2. The van der Waals surface area contributed by atoms with E-state index >= 15 is 0 Å². The zero-order chi connectivity index (χ0) is 27.2. The summed E-state index contributed by atoms with van der Waals surface area (Å²) in [4.78, 5) is 34.1. The van der Waals surface area contributed by atoms with Gasteiger partial charge in [-0.25, -0.2) is 9.78 Å². The van der Waals surface area contributed by atoms with Crippen LogP contribution >= 0.6 is 0 Å². The van der Waals surface area contributed by atoms with Gasteiger partial charge in [0.15, 0.2) is 0 Å². The van der Waals surface area contributed by atoms with E-state index in [2.05, 4.69) is 16.4 Å². The van der Waals surface area contributed by atoms with E-state index in [9.17, 15) is 14.7 Å². The summed E-state index contributed by atoms with van der Waals surface area (Å²) in [5.74, 6) is -0.269. The molecule has 0 fully saturated rings. The molecule has 9 heteroatoms. The summed E-state index contributed by atoms with van der Waals surface area (Å²) < 4.78 is 6.29. The summed E-state index contributed by atoms with van der Waals surface area (Å²) in [5.41, 5.74) is 3.00. The third kappa shape index (κ3) is 5.93. The minimum absolute atomic E-state index is 0.159. The molecule has 1 aliphatic heterocycles. The molecule has 0 radical (unpaired) electrons. The molecule has 0 spiro atoms. The number of benzene rings is 2. The number of aliphatic hydroxyl groups is 1. The number of amides is 3. The molecule has 0 aliphatic carbocycles. The molecule has 196 valence electrons. The number of aliphatic hydroxyl groups excluding tert-OH is 1. The van der Waals surface area contributed by atoms with Crippen LogP contribution in [0.25, 0.3) is 11.1 Å². The molecule has 0 saturated carbocycles. The van der Waals surface area contributed by atoms with Crippen molar-refractivity contribution in [2.45, 2.75) is 26.0 Å². The summed E-state index contributed by atoms with van der Waals surface area (Å²) in [6.07, 6.45) is 1.16. The van der Waals surface area contributed by atoms with Crippen molar-refractivity contribution in [3.8, 4) is 23.1 Å². The number of carbonyl (C=O) groups excluding carboxylic acids is 2. The smallest absolute Gasteiger partial charge is 0.321 e. The van der Waals surface area contributed by atoms with E-state index in [1.807, 2.05) is 37.3 Å². The number of nitrogens with one attached hydrogen (secondary N) is 1. The Bertz CT molecular complexity index is 1320. The average Bonchev–Trinajstić information content (AvgIpc) is 2.94. The predicted octanol–water partition coefficient (Wildman–Crippen LogP) is 4.00. The van der Waals surface area contributed by atoms with Gasteiger partial charge in [-0.15, -0.1) is 0 Å². The Hall–Kier alpha value is -4.42. The number of fused-ring (bicyclic) bond motifs is 1. The topological polar surface area (TPSA) is 119 Å². The summed E-state index contributed by atoms with van der Waals surface area (Å²) in [5, 5.41) is 21.8. The van der Waals surface area contributed by atoms with Crippen molar-refractivity contribution in [2.24, 2.45) is 5.92 Å². The van der Waals surface area contributed by atoms with E-state index in [-0.39, 0.29) is 42.5 Å². The minimum atomic E-state index is -0.463. The van der Waals surface area contributed by atoms with Crippen LogP contribution in [-0.2, 0) is 0 Å². The Labute approximate surface area is 222 Å². The number of pyridine rings is 1. The highest BCUT2D eigenvalue weighted by atomic mass is 16.5. The molecule has 3 atom stereocenters. The highest BCUT2D eigenvalue weighted by Crippen LogP contribution is 2.30. The Balaban J connectivity index is 1.63. The molecule has 1 aliphatic rings. The van der Waals surface area contributed by atoms with Crippen molar-refractivity contribution in [1.29, 1.82) is 5.26 Å². The second-order valence-electron chi connectivity index (χ2n) is 9.57. The van der Waals surface area contributed by atoms with Gasteiger partial charge in [-0.1, -0.05) is 37.3 Å². The van der Waals surface area contributed by atoms with E-state index in [1.165, 1.54) is 0 Å². The van der Waals surface area contributed by atoms with Crippen molar-refractivity contribution in [3.63, 3.8) is 0 Å². The molecule has 38 heavy (non-hydrogen) atoms. The van der Waals surface area contributed by atoms with Crippen molar-refractivity contribution >= 4 is 17.6 Å². The van der Waals surface area contributed by atoms with Gasteiger partial charge < -0.3 is 25.0 Å². The van der Waals surface area contributed by atoms with Crippen molar-refractivity contribution in [2.75, 3.05) is 32.1 Å². The fraction of sp³-hybridized carbons (Fsp3) is 0.310. The van der Waals surface area contributed by atoms with Gasteiger partial charge in [0.05, 0.1) is 30.8 Å². The predicted molar refractivity (Wildman–Crippen MR) is 144 cm³/mol. The van der Waals surface area contributed by atoms with Crippen molar-refractivity contribution in [3.05, 3.63) is 78.0 Å². The van der Waals surface area contributed by atoms with E-state index in [1.54, 1.807) is 60.3 Å². The number of aromatic nitrogens is 1. The van der Waals surface area contributed by atoms with Crippen LogP contribution in [-0.4, -0.2) is 70.7 Å². The third-order valence-electron chi connectivity index (χ3n) is 6.69. The van der Waals surface area contributed by atoms with Gasteiger partial charge in [0, 0.05) is 37.0 Å². The quantitative estimate of drug-likeness (QED) is 0.514. The van der Waals surface area contributed by atoms with Crippen LogP contribution in [0, 0.1) is 17.2 Å². The Morgan fingerprint density at radius 3 is 2.61 bits per heavy atom. The highest BCUT2D eigenvalue weighted by molar-refractivity contribution is 5.98. The van der Waals surface area contributed by atoms with E-state index in [0.29, 0.717) is 23.4 Å². The zero-order valence-corrected chi connectivity index (χ0v) is 21.7. The molecule has 2 heterocycles. The number of nitrogens with zero attached hydrogens (tertiary/aromatic N) is 4. The van der Waals surface area contributed by atoms with Gasteiger partial charge in [0.1, 0.15) is 11.7 Å². The largest absolute Gasteiger partial charge is 0.472 e. The number of nitriles is 1. The van der Waals surface area contributed by atoms with Crippen LogP contribution in [0.5, 0.6) is 5.88 Å². The maximum atomic E-state index is 13.6. The first kappa shape index (κ1) is 26.6. The van der Waals surface area contributed by atoms with Crippen molar-refractivity contribution in [1.82, 2.24) is 14.8 Å². The van der Waals surface area contributed by atoms with Crippen molar-refractivity contribution < 1.29 is 19.4 Å². The summed E-state index contributed by atoms with van der Waals surface area (Å²) in [6, 6.07) is 19.3. The van der Waals surface area contributed by atoms with Crippen LogP contribution in [0.1, 0.15) is 29.8 Å². The fourth-order valence-corrected chi connectivity index (χ4v) is 4.31. The lowest BCUT2D eigenvalue weighted by Gasteiger charge is -2.37. The molecular formula is C29H31N5O4. The standard InChI is InChI=1S/C29H31N5O4/c1-19-16-34(20(2)18-35)28(36)25-13-23(22-11-9-21(14-30)10-12-22)15-31-27(25)38-26(19)17-33(3)29(37)32-24-7-5-4-6-8-24/h4-13,15,19-20,26,35H,16-18H2,1-3H3,(H,32,37)/t19-,20+,26-/m0/s1. The lowest BCUT2D eigenvalue weighted by molar-refractivity contribution is 0.0356. The van der Waals surface area contributed by atoms with Crippen LogP contribution in [0.4, 0.5) is 10.5 Å². The van der Waals surface area contributed by atoms with Crippen LogP contribution < -0.4 is 10.1 Å². The van der Waals surface area contributed by atoms with Crippen LogP contribution in [0.2, 0.25) is 0 Å². The van der Waals surface area contributed by atoms with Crippen LogP contribution in [0.15, 0.2) is 66.9 Å². The zero-order valence-electron chi connectivity index (χ0n) is 21.7. The fourth-order valence-electron chi connectivity index (χ4n) is 4.31. The number of anilines is 1. The average molecular weight is 514 g/mol. The molecule has 0 saturated heterocycles. The molecule has 0 bridgehead atoms. The Morgan fingerprint density at radius 1 is 1.24 bits per heavy atom.